The van der Waals surface area contributed by atoms with Crippen molar-refractivity contribution in [3.63, 3.8) is 0 Å². The minimum atomic E-state index is -0.522. The Bertz CT molecular complexity index is 1050. The van der Waals surface area contributed by atoms with E-state index in [1.165, 1.54) is 5.39 Å². The van der Waals surface area contributed by atoms with Crippen LogP contribution < -0.4 is 10.8 Å². The number of carbonyl (C=O) groups is 1. The number of aromatic amines is 1. The first-order valence-electron chi connectivity index (χ1n) is 7.88. The lowest BCUT2D eigenvalue weighted by atomic mass is 10.1. The molecule has 0 atom stereocenters. The predicted octanol–water partition coefficient (Wildman–Crippen LogP) is 3.45. The van der Waals surface area contributed by atoms with Crippen LogP contribution in [0.15, 0.2) is 60.8 Å². The third-order valence-electron chi connectivity index (χ3n) is 4.18. The molecule has 0 saturated carbocycles. The first-order chi connectivity index (χ1) is 12.2. The smallest absolute Gasteiger partial charge is 0.274 e. The molecule has 0 fully saturated rings. The number of hydroxylamine groups is 1. The monoisotopic (exact) mass is 332 g/mol. The van der Waals surface area contributed by atoms with Crippen LogP contribution in [0.1, 0.15) is 15.9 Å². The van der Waals surface area contributed by atoms with E-state index in [1.54, 1.807) is 17.6 Å². The second kappa shape index (κ2) is 6.26. The van der Waals surface area contributed by atoms with Crippen molar-refractivity contribution in [3.05, 3.63) is 71.9 Å². The van der Waals surface area contributed by atoms with E-state index in [0.717, 1.165) is 27.8 Å². The van der Waals surface area contributed by atoms with Crippen LogP contribution in [0.5, 0.6) is 0 Å². The number of H-pyrrole nitrogens is 1. The Kier molecular flexibility index (Phi) is 3.80. The summed E-state index contributed by atoms with van der Waals surface area (Å²) < 4.78 is 0. The van der Waals surface area contributed by atoms with Gasteiger partial charge in [-0.05, 0) is 29.8 Å². The average molecular weight is 332 g/mol. The van der Waals surface area contributed by atoms with Crippen molar-refractivity contribution in [1.82, 2.24) is 15.4 Å². The summed E-state index contributed by atoms with van der Waals surface area (Å²) in [6.45, 7) is 0.585. The van der Waals surface area contributed by atoms with Crippen LogP contribution >= 0.6 is 0 Å². The van der Waals surface area contributed by atoms with Gasteiger partial charge in [-0.3, -0.25) is 10.0 Å². The SMILES string of the molecule is O=C(NO)c1ccc(CNc2cc3c(cn2)[nH]c2ccccc23)cc1. The van der Waals surface area contributed by atoms with Crippen LogP contribution in [0, 0.1) is 0 Å². The molecule has 4 aromatic rings. The number of aromatic nitrogens is 2. The minimum absolute atomic E-state index is 0.407. The van der Waals surface area contributed by atoms with E-state index < -0.39 is 5.91 Å². The summed E-state index contributed by atoms with van der Waals surface area (Å²) in [5.74, 6) is 0.264. The van der Waals surface area contributed by atoms with Gasteiger partial charge in [-0.1, -0.05) is 30.3 Å². The van der Waals surface area contributed by atoms with Crippen molar-refractivity contribution in [1.29, 1.82) is 0 Å². The quantitative estimate of drug-likeness (QED) is 0.340. The summed E-state index contributed by atoms with van der Waals surface area (Å²) in [5.41, 5.74) is 5.13. The minimum Gasteiger partial charge on any atom is -0.366 e. The van der Waals surface area contributed by atoms with Crippen LogP contribution in [0.25, 0.3) is 21.8 Å². The largest absolute Gasteiger partial charge is 0.366 e. The van der Waals surface area contributed by atoms with Crippen molar-refractivity contribution < 1.29 is 10.0 Å². The molecule has 124 valence electrons. The molecule has 2 aromatic heterocycles. The maximum atomic E-state index is 11.3. The molecular formula is C19H16N4O2. The molecule has 2 aromatic carbocycles. The maximum absolute atomic E-state index is 11.3. The van der Waals surface area contributed by atoms with E-state index in [-0.39, 0.29) is 0 Å². The van der Waals surface area contributed by atoms with Gasteiger partial charge in [-0.2, -0.15) is 0 Å². The number of carbonyl (C=O) groups excluding carboxylic acids is 1. The number of hydrogen-bond acceptors (Lipinski definition) is 4. The van der Waals surface area contributed by atoms with E-state index >= 15 is 0 Å². The Morgan fingerprint density at radius 3 is 2.64 bits per heavy atom. The lowest BCUT2D eigenvalue weighted by molar-refractivity contribution is 0.0706. The number of anilines is 1. The van der Waals surface area contributed by atoms with Gasteiger partial charge >= 0.3 is 0 Å². The number of amides is 1. The Morgan fingerprint density at radius 2 is 1.84 bits per heavy atom. The molecule has 6 heteroatoms. The number of rotatable bonds is 4. The molecule has 0 radical (unpaired) electrons. The molecular weight excluding hydrogens is 316 g/mol. The molecule has 0 unspecified atom stereocenters. The van der Waals surface area contributed by atoms with Gasteiger partial charge in [-0.15, -0.1) is 0 Å². The molecule has 0 saturated heterocycles. The van der Waals surface area contributed by atoms with Crippen LogP contribution in [0.3, 0.4) is 0 Å². The molecule has 4 rings (SSSR count). The predicted molar refractivity (Wildman–Crippen MR) is 96.6 cm³/mol. The van der Waals surface area contributed by atoms with Crippen molar-refractivity contribution in [2.45, 2.75) is 6.54 Å². The summed E-state index contributed by atoms with van der Waals surface area (Å²) >= 11 is 0. The first-order valence-corrected chi connectivity index (χ1v) is 7.88. The average Bonchev–Trinajstić information content (AvgIpc) is 3.04. The molecule has 2 heterocycles. The Hall–Kier alpha value is -3.38. The van der Waals surface area contributed by atoms with E-state index in [1.807, 2.05) is 42.6 Å². The fourth-order valence-electron chi connectivity index (χ4n) is 2.88. The molecule has 0 aliphatic carbocycles. The van der Waals surface area contributed by atoms with Gasteiger partial charge in [0.1, 0.15) is 5.82 Å². The zero-order valence-corrected chi connectivity index (χ0v) is 13.3. The number of hydrogen-bond donors (Lipinski definition) is 4. The zero-order valence-electron chi connectivity index (χ0n) is 13.3. The Labute approximate surface area is 143 Å². The highest BCUT2D eigenvalue weighted by atomic mass is 16.5. The lowest BCUT2D eigenvalue weighted by Crippen LogP contribution is -2.18. The topological polar surface area (TPSA) is 90.0 Å². The lowest BCUT2D eigenvalue weighted by Gasteiger charge is -2.07. The molecule has 1 amide bonds. The maximum Gasteiger partial charge on any atom is 0.274 e. The van der Waals surface area contributed by atoms with Crippen molar-refractivity contribution in [3.8, 4) is 0 Å². The van der Waals surface area contributed by atoms with E-state index in [0.29, 0.717) is 12.1 Å². The van der Waals surface area contributed by atoms with Gasteiger partial charge in [0.2, 0.25) is 0 Å². The molecule has 4 N–H and O–H groups in total. The fourth-order valence-corrected chi connectivity index (χ4v) is 2.88. The number of nitrogens with zero attached hydrogens (tertiary/aromatic N) is 1. The Morgan fingerprint density at radius 1 is 1.04 bits per heavy atom. The summed E-state index contributed by atoms with van der Waals surface area (Å²) in [7, 11) is 0. The van der Waals surface area contributed by atoms with Gasteiger partial charge in [0.05, 0.1) is 11.7 Å². The summed E-state index contributed by atoms with van der Waals surface area (Å²) in [4.78, 5) is 19.1. The second-order valence-corrected chi connectivity index (χ2v) is 5.78. The number of benzene rings is 2. The number of pyridine rings is 1. The van der Waals surface area contributed by atoms with Crippen LogP contribution in [-0.2, 0) is 6.54 Å². The zero-order chi connectivity index (χ0) is 17.2. The van der Waals surface area contributed by atoms with Gasteiger partial charge in [0.25, 0.3) is 5.91 Å². The van der Waals surface area contributed by atoms with E-state index in [9.17, 15) is 4.79 Å². The highest BCUT2D eigenvalue weighted by molar-refractivity contribution is 6.07. The molecule has 0 aliphatic heterocycles. The number of para-hydroxylation sites is 1. The molecule has 25 heavy (non-hydrogen) atoms. The summed E-state index contributed by atoms with van der Waals surface area (Å²) in [6, 6.07) is 17.2. The van der Waals surface area contributed by atoms with Crippen LogP contribution in [-0.4, -0.2) is 21.1 Å². The summed E-state index contributed by atoms with van der Waals surface area (Å²) in [5, 5.41) is 14.2. The van der Waals surface area contributed by atoms with Gasteiger partial charge in [0, 0.05) is 28.4 Å². The number of nitrogens with one attached hydrogen (secondary N) is 3. The summed E-state index contributed by atoms with van der Waals surface area (Å²) in [6.07, 6.45) is 1.83. The molecule has 0 aliphatic rings. The first kappa shape index (κ1) is 15.2. The standard InChI is InChI=1S/C19H16N4O2/c24-19(23-25)13-7-5-12(6-8-13)10-20-18-9-15-14-3-1-2-4-16(14)22-17(15)11-21-18/h1-9,11,22,25H,10H2,(H,20,21)(H,23,24). The van der Waals surface area contributed by atoms with E-state index in [2.05, 4.69) is 21.4 Å². The van der Waals surface area contributed by atoms with Crippen molar-refractivity contribution in [2.24, 2.45) is 0 Å². The third-order valence-corrected chi connectivity index (χ3v) is 4.18. The highest BCUT2D eigenvalue weighted by Crippen LogP contribution is 2.26. The van der Waals surface area contributed by atoms with Gasteiger partial charge in [-0.25, -0.2) is 10.5 Å². The second-order valence-electron chi connectivity index (χ2n) is 5.78. The highest BCUT2D eigenvalue weighted by Gasteiger charge is 2.06. The van der Waals surface area contributed by atoms with Gasteiger partial charge < -0.3 is 10.3 Å². The molecule has 6 nitrogen and oxygen atoms in total. The normalized spacial score (nSPS) is 10.9. The Balaban J connectivity index is 1.54. The fraction of sp³-hybridized carbons (Fsp3) is 0.0526. The number of fused-ring (bicyclic) bond motifs is 3. The van der Waals surface area contributed by atoms with E-state index in [4.69, 9.17) is 5.21 Å². The van der Waals surface area contributed by atoms with Crippen molar-refractivity contribution >= 4 is 33.5 Å². The van der Waals surface area contributed by atoms with Crippen molar-refractivity contribution in [2.75, 3.05) is 5.32 Å². The van der Waals surface area contributed by atoms with Crippen LogP contribution in [0.2, 0.25) is 0 Å². The third kappa shape index (κ3) is 2.90. The molecule has 0 spiro atoms. The molecule has 0 bridgehead atoms. The van der Waals surface area contributed by atoms with Crippen LogP contribution in [0.4, 0.5) is 5.82 Å². The van der Waals surface area contributed by atoms with Gasteiger partial charge in [0.15, 0.2) is 0 Å².